The fourth-order valence-corrected chi connectivity index (χ4v) is 2.52. The van der Waals surface area contributed by atoms with Crippen molar-refractivity contribution in [3.05, 3.63) is 29.8 Å². The van der Waals surface area contributed by atoms with Gasteiger partial charge in [-0.15, -0.1) is 0 Å². The number of methoxy groups -OCH3 is 1. The molecule has 2 rings (SSSR count). The first-order chi connectivity index (χ1) is 9.11. The summed E-state index contributed by atoms with van der Waals surface area (Å²) in [5.74, 6) is 0.838. The van der Waals surface area contributed by atoms with Crippen LogP contribution in [0.1, 0.15) is 23.2 Å². The van der Waals surface area contributed by atoms with Gasteiger partial charge < -0.3 is 14.5 Å². The first-order valence-electron chi connectivity index (χ1n) is 6.71. The molecule has 4 heteroatoms. The first kappa shape index (κ1) is 13.9. The van der Waals surface area contributed by atoms with E-state index in [0.29, 0.717) is 11.6 Å². The molecule has 0 spiro atoms. The largest absolute Gasteiger partial charge is 0.497 e. The van der Waals surface area contributed by atoms with Crippen LogP contribution >= 0.6 is 0 Å². The third-order valence-electron chi connectivity index (χ3n) is 3.80. The Kier molecular flexibility index (Phi) is 4.43. The van der Waals surface area contributed by atoms with Crippen molar-refractivity contribution in [2.24, 2.45) is 0 Å². The molecule has 1 fully saturated rings. The zero-order valence-electron chi connectivity index (χ0n) is 11.9. The maximum Gasteiger partial charge on any atom is 0.253 e. The summed E-state index contributed by atoms with van der Waals surface area (Å²) >= 11 is 0. The topological polar surface area (TPSA) is 32.8 Å². The van der Waals surface area contributed by atoms with E-state index in [9.17, 15) is 4.79 Å². The minimum absolute atomic E-state index is 0.108. The normalized spacial score (nSPS) is 16.7. The second kappa shape index (κ2) is 6.06. The number of rotatable bonds is 3. The van der Waals surface area contributed by atoms with Gasteiger partial charge >= 0.3 is 0 Å². The van der Waals surface area contributed by atoms with E-state index < -0.39 is 0 Å². The molecule has 0 aromatic heterocycles. The molecule has 4 nitrogen and oxygen atoms in total. The lowest BCUT2D eigenvalue weighted by Gasteiger charge is -2.35. The number of hydrogen-bond acceptors (Lipinski definition) is 3. The number of hydrogen-bond donors (Lipinski definition) is 0. The van der Waals surface area contributed by atoms with Crippen LogP contribution in [0.4, 0.5) is 0 Å². The molecule has 1 heterocycles. The first-order valence-corrected chi connectivity index (χ1v) is 6.71. The highest BCUT2D eigenvalue weighted by Crippen LogP contribution is 2.19. The van der Waals surface area contributed by atoms with E-state index in [1.165, 1.54) is 0 Å². The van der Waals surface area contributed by atoms with Gasteiger partial charge in [0.15, 0.2) is 0 Å². The van der Waals surface area contributed by atoms with Crippen molar-refractivity contribution in [2.75, 3.05) is 34.3 Å². The molecule has 0 radical (unpaired) electrons. The number of ether oxygens (including phenoxy) is 1. The fourth-order valence-electron chi connectivity index (χ4n) is 2.52. The van der Waals surface area contributed by atoms with E-state index in [1.807, 2.05) is 23.1 Å². The second-order valence-electron chi connectivity index (χ2n) is 5.22. The highest BCUT2D eigenvalue weighted by Gasteiger charge is 2.24. The smallest absolute Gasteiger partial charge is 0.253 e. The standard InChI is InChI=1S/C15H22N2O2/c1-16(2)13-7-9-17(10-8-13)15(18)12-5-4-6-14(11-12)19-3/h4-6,11,13H,7-10H2,1-3H3. The van der Waals surface area contributed by atoms with E-state index in [0.717, 1.165) is 31.7 Å². The number of nitrogens with zero attached hydrogens (tertiary/aromatic N) is 2. The predicted molar refractivity (Wildman–Crippen MR) is 75.6 cm³/mol. The monoisotopic (exact) mass is 262 g/mol. The summed E-state index contributed by atoms with van der Waals surface area (Å²) < 4.78 is 5.16. The summed E-state index contributed by atoms with van der Waals surface area (Å²) in [6, 6.07) is 7.96. The molecule has 0 bridgehead atoms. The average molecular weight is 262 g/mol. The van der Waals surface area contributed by atoms with Gasteiger partial charge in [-0.3, -0.25) is 4.79 Å². The molecule has 0 aliphatic carbocycles. The maximum atomic E-state index is 12.4. The molecule has 19 heavy (non-hydrogen) atoms. The quantitative estimate of drug-likeness (QED) is 0.833. The lowest BCUT2D eigenvalue weighted by Crippen LogP contribution is -2.44. The van der Waals surface area contributed by atoms with E-state index in [2.05, 4.69) is 19.0 Å². The molecule has 1 aliphatic rings. The predicted octanol–water partition coefficient (Wildman–Crippen LogP) is 1.86. The Morgan fingerprint density at radius 1 is 1.32 bits per heavy atom. The Hall–Kier alpha value is -1.55. The summed E-state index contributed by atoms with van der Waals surface area (Å²) in [5, 5.41) is 0. The molecule has 0 N–H and O–H groups in total. The van der Waals surface area contributed by atoms with Crippen LogP contribution in [0.25, 0.3) is 0 Å². The summed E-state index contributed by atoms with van der Waals surface area (Å²) in [5.41, 5.74) is 0.711. The molecular weight excluding hydrogens is 240 g/mol. The summed E-state index contributed by atoms with van der Waals surface area (Å²) in [4.78, 5) is 16.6. The van der Waals surface area contributed by atoms with Crippen molar-refractivity contribution in [1.82, 2.24) is 9.80 Å². The van der Waals surface area contributed by atoms with Gasteiger partial charge in [-0.1, -0.05) is 6.07 Å². The second-order valence-corrected chi connectivity index (χ2v) is 5.22. The van der Waals surface area contributed by atoms with Crippen LogP contribution in [-0.4, -0.2) is 56.0 Å². The summed E-state index contributed by atoms with van der Waals surface area (Å²) in [6.07, 6.45) is 2.09. The molecular formula is C15H22N2O2. The number of amides is 1. The van der Waals surface area contributed by atoms with Gasteiger partial charge in [-0.05, 0) is 45.1 Å². The van der Waals surface area contributed by atoms with Crippen LogP contribution < -0.4 is 4.74 Å². The van der Waals surface area contributed by atoms with E-state index in [1.54, 1.807) is 13.2 Å². The molecule has 1 aliphatic heterocycles. The molecule has 0 saturated carbocycles. The van der Waals surface area contributed by atoms with E-state index in [4.69, 9.17) is 4.74 Å². The number of likely N-dealkylation sites (tertiary alicyclic amines) is 1. The molecule has 1 aromatic carbocycles. The van der Waals surface area contributed by atoms with Crippen LogP contribution in [0.3, 0.4) is 0 Å². The Morgan fingerprint density at radius 2 is 2.00 bits per heavy atom. The van der Waals surface area contributed by atoms with Crippen LogP contribution in [0.15, 0.2) is 24.3 Å². The molecule has 1 amide bonds. The zero-order valence-corrected chi connectivity index (χ0v) is 11.9. The Morgan fingerprint density at radius 3 is 2.58 bits per heavy atom. The Bertz CT molecular complexity index is 438. The van der Waals surface area contributed by atoms with Gasteiger partial charge in [0, 0.05) is 24.7 Å². The third-order valence-corrected chi connectivity index (χ3v) is 3.80. The Balaban J connectivity index is 2.01. The van der Waals surface area contributed by atoms with Crippen LogP contribution in [0.2, 0.25) is 0 Å². The van der Waals surface area contributed by atoms with E-state index >= 15 is 0 Å². The Labute approximate surface area is 115 Å². The molecule has 0 atom stereocenters. The van der Waals surface area contributed by atoms with Gasteiger partial charge in [-0.2, -0.15) is 0 Å². The molecule has 1 aromatic rings. The lowest BCUT2D eigenvalue weighted by molar-refractivity contribution is 0.0663. The van der Waals surface area contributed by atoms with Gasteiger partial charge in [0.05, 0.1) is 7.11 Å². The van der Waals surface area contributed by atoms with Gasteiger partial charge in [0.25, 0.3) is 5.91 Å². The van der Waals surface area contributed by atoms with Gasteiger partial charge in [0.2, 0.25) is 0 Å². The third kappa shape index (κ3) is 3.26. The molecule has 104 valence electrons. The highest BCUT2D eigenvalue weighted by atomic mass is 16.5. The highest BCUT2D eigenvalue weighted by molar-refractivity contribution is 5.94. The SMILES string of the molecule is COc1cccc(C(=O)N2CCC(N(C)C)CC2)c1. The van der Waals surface area contributed by atoms with Crippen molar-refractivity contribution >= 4 is 5.91 Å². The number of piperidine rings is 1. The van der Waals surface area contributed by atoms with Crippen molar-refractivity contribution in [2.45, 2.75) is 18.9 Å². The van der Waals surface area contributed by atoms with Gasteiger partial charge in [-0.25, -0.2) is 0 Å². The number of benzene rings is 1. The zero-order chi connectivity index (χ0) is 13.8. The maximum absolute atomic E-state index is 12.4. The van der Waals surface area contributed by atoms with Crippen LogP contribution in [-0.2, 0) is 0 Å². The number of carbonyl (C=O) groups excluding carboxylic acids is 1. The minimum atomic E-state index is 0.108. The lowest BCUT2D eigenvalue weighted by atomic mass is 10.0. The van der Waals surface area contributed by atoms with Crippen molar-refractivity contribution in [3.63, 3.8) is 0 Å². The van der Waals surface area contributed by atoms with Crippen molar-refractivity contribution in [1.29, 1.82) is 0 Å². The van der Waals surface area contributed by atoms with Crippen LogP contribution in [0.5, 0.6) is 5.75 Å². The van der Waals surface area contributed by atoms with Gasteiger partial charge in [0.1, 0.15) is 5.75 Å². The fraction of sp³-hybridized carbons (Fsp3) is 0.533. The summed E-state index contributed by atoms with van der Waals surface area (Å²) in [6.45, 7) is 1.66. The van der Waals surface area contributed by atoms with Crippen molar-refractivity contribution < 1.29 is 9.53 Å². The average Bonchev–Trinajstić information content (AvgIpc) is 2.46. The summed E-state index contributed by atoms with van der Waals surface area (Å²) in [7, 11) is 5.82. The number of carbonyl (C=O) groups is 1. The minimum Gasteiger partial charge on any atom is -0.497 e. The van der Waals surface area contributed by atoms with Crippen LogP contribution in [0, 0.1) is 0 Å². The molecule has 1 saturated heterocycles. The van der Waals surface area contributed by atoms with Crippen molar-refractivity contribution in [3.8, 4) is 5.75 Å². The molecule has 0 unspecified atom stereocenters. The van der Waals surface area contributed by atoms with E-state index in [-0.39, 0.29) is 5.91 Å².